The van der Waals surface area contributed by atoms with Gasteiger partial charge in [-0.2, -0.15) is 4.98 Å². The molecule has 1 aromatic heterocycles. The number of carbonyl (C=O) groups excluding carboxylic acids is 2. The summed E-state index contributed by atoms with van der Waals surface area (Å²) in [6.45, 7) is 4.34. The Labute approximate surface area is 191 Å². The van der Waals surface area contributed by atoms with Gasteiger partial charge in [0.05, 0.1) is 19.0 Å². The lowest BCUT2D eigenvalue weighted by atomic mass is 10.1. The Bertz CT molecular complexity index is 1100. The smallest absolute Gasteiger partial charge is 0.244 e. The quantitative estimate of drug-likeness (QED) is 0.593. The van der Waals surface area contributed by atoms with Crippen molar-refractivity contribution in [3.63, 3.8) is 0 Å². The molecule has 1 aliphatic heterocycles. The minimum atomic E-state index is -0.389. The lowest BCUT2D eigenvalue weighted by Crippen LogP contribution is -2.51. The van der Waals surface area contributed by atoms with Gasteiger partial charge in [-0.1, -0.05) is 47.6 Å². The van der Waals surface area contributed by atoms with Gasteiger partial charge in [0.15, 0.2) is 0 Å². The number of nitrogens with one attached hydrogen (secondary N) is 1. The maximum Gasteiger partial charge on any atom is 0.244 e. The summed E-state index contributed by atoms with van der Waals surface area (Å²) in [6, 6.07) is 15.4. The molecule has 1 atom stereocenters. The molecule has 3 aromatic rings. The number of aromatic nitrogens is 2. The van der Waals surface area contributed by atoms with Crippen molar-refractivity contribution in [1.82, 2.24) is 25.3 Å². The fourth-order valence-corrected chi connectivity index (χ4v) is 3.80. The molecule has 9 heteroatoms. The molecule has 2 amide bonds. The van der Waals surface area contributed by atoms with Gasteiger partial charge in [0.25, 0.3) is 0 Å². The highest BCUT2D eigenvalue weighted by molar-refractivity contribution is 5.85. The van der Waals surface area contributed by atoms with Crippen LogP contribution < -0.4 is 5.32 Å². The van der Waals surface area contributed by atoms with Crippen molar-refractivity contribution in [2.45, 2.75) is 19.4 Å². The van der Waals surface area contributed by atoms with Crippen LogP contribution in [0.3, 0.4) is 0 Å². The van der Waals surface area contributed by atoms with Crippen molar-refractivity contribution in [3.05, 3.63) is 71.9 Å². The zero-order valence-corrected chi connectivity index (χ0v) is 18.4. The van der Waals surface area contributed by atoms with Gasteiger partial charge in [-0.05, 0) is 24.6 Å². The number of carbonyl (C=O) groups is 2. The lowest BCUT2D eigenvalue weighted by molar-refractivity contribution is -0.134. The molecule has 1 fully saturated rings. The molecule has 0 spiro atoms. The number of benzene rings is 2. The van der Waals surface area contributed by atoms with Crippen molar-refractivity contribution in [1.29, 1.82) is 0 Å². The molecule has 1 unspecified atom stereocenters. The molecule has 0 saturated carbocycles. The number of halogens is 1. The second kappa shape index (κ2) is 10.4. The fraction of sp³-hybridized carbons (Fsp3) is 0.333. The molecule has 0 bridgehead atoms. The first kappa shape index (κ1) is 22.6. The number of hydrogen-bond acceptors (Lipinski definition) is 6. The van der Waals surface area contributed by atoms with E-state index >= 15 is 0 Å². The van der Waals surface area contributed by atoms with Crippen LogP contribution in [0.25, 0.3) is 11.4 Å². The van der Waals surface area contributed by atoms with Gasteiger partial charge in [0.1, 0.15) is 5.82 Å². The predicted molar refractivity (Wildman–Crippen MR) is 119 cm³/mol. The largest absolute Gasteiger partial charge is 0.347 e. The summed E-state index contributed by atoms with van der Waals surface area (Å²) < 4.78 is 18.7. The Morgan fingerprint density at radius 1 is 1.09 bits per heavy atom. The maximum atomic E-state index is 13.2. The molecule has 1 aliphatic rings. The highest BCUT2D eigenvalue weighted by atomic mass is 19.1. The first-order chi connectivity index (χ1) is 16.0. The van der Waals surface area contributed by atoms with Crippen molar-refractivity contribution >= 4 is 11.8 Å². The summed E-state index contributed by atoms with van der Waals surface area (Å²) in [7, 11) is 0. The van der Waals surface area contributed by atoms with E-state index in [9.17, 15) is 14.0 Å². The van der Waals surface area contributed by atoms with E-state index < -0.39 is 0 Å². The Morgan fingerprint density at radius 2 is 1.85 bits per heavy atom. The second-order valence-electron chi connectivity index (χ2n) is 8.00. The monoisotopic (exact) mass is 451 g/mol. The molecule has 172 valence electrons. The van der Waals surface area contributed by atoms with Gasteiger partial charge in [0, 0.05) is 31.7 Å². The van der Waals surface area contributed by atoms with Crippen molar-refractivity contribution < 1.29 is 18.5 Å². The Hall–Kier alpha value is -3.59. The molecule has 0 radical (unpaired) electrons. The first-order valence-corrected chi connectivity index (χ1v) is 10.9. The maximum absolute atomic E-state index is 13.2. The third-order valence-electron chi connectivity index (χ3n) is 5.74. The molecule has 1 saturated heterocycles. The van der Waals surface area contributed by atoms with Gasteiger partial charge in [-0.15, -0.1) is 0 Å². The summed E-state index contributed by atoms with van der Waals surface area (Å²) in [5, 5.41) is 6.71. The topological polar surface area (TPSA) is 91.6 Å². The molecular formula is C24H26FN5O3. The summed E-state index contributed by atoms with van der Waals surface area (Å²) in [6.07, 6.45) is 0.0332. The van der Waals surface area contributed by atoms with E-state index in [4.69, 9.17) is 4.52 Å². The van der Waals surface area contributed by atoms with E-state index in [1.54, 1.807) is 17.0 Å². The summed E-state index contributed by atoms with van der Waals surface area (Å²) >= 11 is 0. The number of rotatable bonds is 7. The van der Waals surface area contributed by atoms with E-state index in [2.05, 4.69) is 20.4 Å². The SMILES string of the molecule is CC(c1nc(-c2ccccc2)no1)N1CCN(C(=O)CNC(=O)Cc2cccc(F)c2)CC1. The van der Waals surface area contributed by atoms with Gasteiger partial charge < -0.3 is 14.7 Å². The molecule has 8 nitrogen and oxygen atoms in total. The summed E-state index contributed by atoms with van der Waals surface area (Å²) in [4.78, 5) is 33.0. The zero-order chi connectivity index (χ0) is 23.2. The summed E-state index contributed by atoms with van der Waals surface area (Å²) in [5.41, 5.74) is 1.47. The Kier molecular flexibility index (Phi) is 7.09. The Balaban J connectivity index is 1.23. The van der Waals surface area contributed by atoms with Gasteiger partial charge in [-0.3, -0.25) is 14.5 Å². The standard InChI is InChI=1S/C24H26FN5O3/c1-17(24-27-23(28-33-24)19-7-3-2-4-8-19)29-10-12-30(13-11-29)22(32)16-26-21(31)15-18-6-5-9-20(25)14-18/h2-9,14,17H,10-13,15-16H2,1H3,(H,26,31). The second-order valence-corrected chi connectivity index (χ2v) is 8.00. The lowest BCUT2D eigenvalue weighted by Gasteiger charge is -2.36. The van der Waals surface area contributed by atoms with Crippen molar-refractivity contribution in [2.24, 2.45) is 0 Å². The minimum absolute atomic E-state index is 0.0332. The van der Waals surface area contributed by atoms with Gasteiger partial charge >= 0.3 is 0 Å². The number of piperazine rings is 1. The van der Waals surface area contributed by atoms with Crippen LogP contribution in [0.15, 0.2) is 59.1 Å². The van der Waals surface area contributed by atoms with E-state index in [0.29, 0.717) is 43.5 Å². The average molecular weight is 452 g/mol. The van der Waals surface area contributed by atoms with Crippen LogP contribution in [0, 0.1) is 5.82 Å². The molecular weight excluding hydrogens is 425 g/mol. The van der Waals surface area contributed by atoms with Crippen LogP contribution in [0.1, 0.15) is 24.4 Å². The highest BCUT2D eigenvalue weighted by Gasteiger charge is 2.27. The predicted octanol–water partition coefficient (Wildman–Crippen LogP) is 2.44. The Morgan fingerprint density at radius 3 is 2.58 bits per heavy atom. The highest BCUT2D eigenvalue weighted by Crippen LogP contribution is 2.23. The van der Waals surface area contributed by atoms with Crippen LogP contribution in [0.4, 0.5) is 4.39 Å². The van der Waals surface area contributed by atoms with E-state index in [1.807, 2.05) is 37.3 Å². The molecule has 0 aliphatic carbocycles. The molecule has 33 heavy (non-hydrogen) atoms. The number of amides is 2. The van der Waals surface area contributed by atoms with E-state index in [-0.39, 0.29) is 36.6 Å². The van der Waals surface area contributed by atoms with Crippen LogP contribution in [-0.4, -0.2) is 64.5 Å². The van der Waals surface area contributed by atoms with Gasteiger partial charge in [0.2, 0.25) is 23.5 Å². The zero-order valence-electron chi connectivity index (χ0n) is 18.4. The number of nitrogens with zero attached hydrogens (tertiary/aromatic N) is 4. The third-order valence-corrected chi connectivity index (χ3v) is 5.74. The van der Waals surface area contributed by atoms with E-state index in [1.165, 1.54) is 12.1 Å². The van der Waals surface area contributed by atoms with Crippen molar-refractivity contribution in [3.8, 4) is 11.4 Å². The van der Waals surface area contributed by atoms with Crippen LogP contribution >= 0.6 is 0 Å². The third kappa shape index (κ3) is 5.81. The van der Waals surface area contributed by atoms with E-state index in [0.717, 1.165) is 5.56 Å². The fourth-order valence-electron chi connectivity index (χ4n) is 3.80. The van der Waals surface area contributed by atoms with Gasteiger partial charge in [-0.25, -0.2) is 4.39 Å². The molecule has 2 heterocycles. The minimum Gasteiger partial charge on any atom is -0.347 e. The summed E-state index contributed by atoms with van der Waals surface area (Å²) in [5.74, 6) is 0.254. The van der Waals surface area contributed by atoms with Crippen LogP contribution in [0.5, 0.6) is 0 Å². The molecule has 4 rings (SSSR count). The normalized spacial score (nSPS) is 15.3. The molecule has 2 aromatic carbocycles. The van der Waals surface area contributed by atoms with Crippen molar-refractivity contribution in [2.75, 3.05) is 32.7 Å². The van der Waals surface area contributed by atoms with Crippen LogP contribution in [0.2, 0.25) is 0 Å². The van der Waals surface area contributed by atoms with Crippen LogP contribution in [-0.2, 0) is 16.0 Å². The first-order valence-electron chi connectivity index (χ1n) is 10.9. The average Bonchev–Trinajstić information content (AvgIpc) is 3.33. The number of hydrogen-bond donors (Lipinski definition) is 1. The molecule has 1 N–H and O–H groups in total.